The number of rotatable bonds is 9. The Bertz CT molecular complexity index is 1270. The van der Waals surface area contributed by atoms with Crippen LogP contribution in [0.4, 0.5) is 0 Å². The van der Waals surface area contributed by atoms with Crippen LogP contribution in [0.1, 0.15) is 60.5 Å². The number of hydrogen-bond acceptors (Lipinski definition) is 5. The van der Waals surface area contributed by atoms with Gasteiger partial charge < -0.3 is 14.7 Å². The molecule has 0 radical (unpaired) electrons. The van der Waals surface area contributed by atoms with Gasteiger partial charge >= 0.3 is 0 Å². The molecule has 1 fully saturated rings. The molecule has 4 rings (SSSR count). The maximum Gasteiger partial charge on any atom is 0.295 e. The zero-order valence-corrected chi connectivity index (χ0v) is 21.0. The minimum atomic E-state index is -0.711. The monoisotopic (exact) mass is 484 g/mol. The van der Waals surface area contributed by atoms with Gasteiger partial charge in [-0.25, -0.2) is 0 Å². The first-order valence-electron chi connectivity index (χ1n) is 12.4. The number of carbonyl (C=O) groups is 2. The van der Waals surface area contributed by atoms with Crippen molar-refractivity contribution in [1.82, 2.24) is 9.88 Å². The Morgan fingerprint density at radius 3 is 2.47 bits per heavy atom. The van der Waals surface area contributed by atoms with Crippen molar-refractivity contribution in [2.24, 2.45) is 0 Å². The molecule has 0 spiro atoms. The van der Waals surface area contributed by atoms with E-state index >= 15 is 0 Å². The van der Waals surface area contributed by atoms with Crippen molar-refractivity contribution >= 4 is 17.4 Å². The Morgan fingerprint density at radius 2 is 1.83 bits per heavy atom. The van der Waals surface area contributed by atoms with Crippen molar-refractivity contribution < 1.29 is 19.4 Å². The van der Waals surface area contributed by atoms with E-state index in [1.165, 1.54) is 4.90 Å². The summed E-state index contributed by atoms with van der Waals surface area (Å²) in [6, 6.07) is 16.1. The van der Waals surface area contributed by atoms with Crippen LogP contribution in [-0.4, -0.2) is 33.3 Å². The Morgan fingerprint density at radius 1 is 1.06 bits per heavy atom. The van der Waals surface area contributed by atoms with E-state index in [9.17, 15) is 14.7 Å². The normalized spacial score (nSPS) is 17.0. The summed E-state index contributed by atoms with van der Waals surface area (Å²) in [4.78, 5) is 32.2. The van der Waals surface area contributed by atoms with E-state index in [1.54, 1.807) is 36.7 Å². The fraction of sp³-hybridized carbons (Fsp3) is 0.300. The van der Waals surface area contributed by atoms with Crippen LogP contribution in [0.25, 0.3) is 5.76 Å². The standard InChI is InChI=1S/C30H32N2O4/c1-4-6-16-36-25-14-13-24(17-20(25)3)28(33)26-27(23-11-9-21(5-2)10-12-23)32(30(35)29(26)34)19-22-8-7-15-31-18-22/h7-15,17-18,27,33H,4-6,16,19H2,1-3H3/b28-26+. The average Bonchev–Trinajstić information content (AvgIpc) is 3.15. The number of ether oxygens (including phenoxy) is 1. The highest BCUT2D eigenvalue weighted by Crippen LogP contribution is 2.40. The van der Waals surface area contributed by atoms with Crippen molar-refractivity contribution in [1.29, 1.82) is 0 Å². The predicted octanol–water partition coefficient (Wildman–Crippen LogP) is 5.75. The van der Waals surface area contributed by atoms with Crippen LogP contribution in [0, 0.1) is 6.92 Å². The molecule has 3 aromatic rings. The Hall–Kier alpha value is -3.93. The lowest BCUT2D eigenvalue weighted by Gasteiger charge is -2.25. The smallest absolute Gasteiger partial charge is 0.295 e. The number of amides is 1. The average molecular weight is 485 g/mol. The van der Waals surface area contributed by atoms with Gasteiger partial charge in [-0.3, -0.25) is 14.6 Å². The Balaban J connectivity index is 1.77. The number of aromatic nitrogens is 1. The molecular formula is C30H32N2O4. The second-order valence-corrected chi connectivity index (χ2v) is 9.07. The van der Waals surface area contributed by atoms with Gasteiger partial charge in [-0.1, -0.05) is 50.6 Å². The number of aryl methyl sites for hydroxylation is 2. The van der Waals surface area contributed by atoms with E-state index in [-0.39, 0.29) is 17.9 Å². The van der Waals surface area contributed by atoms with Crippen LogP contribution in [0.15, 0.2) is 72.6 Å². The zero-order chi connectivity index (χ0) is 25.7. The van der Waals surface area contributed by atoms with Gasteiger partial charge in [0, 0.05) is 24.5 Å². The largest absolute Gasteiger partial charge is 0.507 e. The number of benzene rings is 2. The van der Waals surface area contributed by atoms with E-state index < -0.39 is 17.7 Å². The van der Waals surface area contributed by atoms with Gasteiger partial charge in [0.1, 0.15) is 11.5 Å². The molecule has 0 aliphatic carbocycles. The van der Waals surface area contributed by atoms with Crippen molar-refractivity contribution in [2.75, 3.05) is 6.61 Å². The molecule has 1 atom stereocenters. The summed E-state index contributed by atoms with van der Waals surface area (Å²) in [6.07, 6.45) is 6.21. The lowest BCUT2D eigenvalue weighted by molar-refractivity contribution is -0.140. The maximum atomic E-state index is 13.3. The highest BCUT2D eigenvalue weighted by molar-refractivity contribution is 6.46. The minimum Gasteiger partial charge on any atom is -0.507 e. The number of hydrogen-bond donors (Lipinski definition) is 1. The van der Waals surface area contributed by atoms with Crippen LogP contribution in [0.3, 0.4) is 0 Å². The van der Waals surface area contributed by atoms with E-state index in [1.807, 2.05) is 37.3 Å². The fourth-order valence-corrected chi connectivity index (χ4v) is 4.45. The molecule has 2 heterocycles. The first kappa shape index (κ1) is 25.2. The van der Waals surface area contributed by atoms with Gasteiger partial charge in [-0.2, -0.15) is 0 Å². The number of unbranched alkanes of at least 4 members (excludes halogenated alkanes) is 1. The van der Waals surface area contributed by atoms with Crippen LogP contribution < -0.4 is 4.74 Å². The molecule has 1 aliphatic heterocycles. The lowest BCUT2D eigenvalue weighted by atomic mass is 9.94. The topological polar surface area (TPSA) is 79.7 Å². The highest BCUT2D eigenvalue weighted by atomic mass is 16.5. The summed E-state index contributed by atoms with van der Waals surface area (Å²) >= 11 is 0. The van der Waals surface area contributed by atoms with Crippen molar-refractivity contribution in [3.8, 4) is 5.75 Å². The molecule has 1 N–H and O–H groups in total. The molecule has 1 unspecified atom stereocenters. The molecule has 186 valence electrons. The van der Waals surface area contributed by atoms with Crippen LogP contribution >= 0.6 is 0 Å². The third-order valence-electron chi connectivity index (χ3n) is 6.52. The number of ketones is 1. The van der Waals surface area contributed by atoms with Crippen LogP contribution in [-0.2, 0) is 22.6 Å². The number of aliphatic hydroxyl groups is 1. The highest BCUT2D eigenvalue weighted by Gasteiger charge is 2.46. The summed E-state index contributed by atoms with van der Waals surface area (Å²) in [5, 5.41) is 11.4. The van der Waals surface area contributed by atoms with E-state index in [0.29, 0.717) is 12.2 Å². The SMILES string of the molecule is CCCCOc1ccc(/C(O)=C2\C(=O)C(=O)N(Cc3cccnc3)C2c2ccc(CC)cc2)cc1C. The number of carbonyl (C=O) groups excluding carboxylic acids is 2. The number of aliphatic hydroxyl groups excluding tert-OH is 1. The van der Waals surface area contributed by atoms with Gasteiger partial charge in [0.25, 0.3) is 11.7 Å². The predicted molar refractivity (Wildman–Crippen MR) is 139 cm³/mol. The Labute approximate surface area is 212 Å². The van der Waals surface area contributed by atoms with E-state index in [4.69, 9.17) is 4.74 Å². The molecule has 1 aliphatic rings. The third kappa shape index (κ3) is 5.18. The number of Topliss-reactive ketones (excluding diaryl/α,β-unsaturated/α-hetero) is 1. The molecule has 2 aromatic carbocycles. The molecular weight excluding hydrogens is 452 g/mol. The van der Waals surface area contributed by atoms with E-state index in [0.717, 1.165) is 47.3 Å². The minimum absolute atomic E-state index is 0.0900. The fourth-order valence-electron chi connectivity index (χ4n) is 4.45. The number of nitrogens with zero attached hydrogens (tertiary/aromatic N) is 2. The molecule has 6 nitrogen and oxygen atoms in total. The summed E-state index contributed by atoms with van der Waals surface area (Å²) in [5.41, 5.74) is 4.14. The maximum absolute atomic E-state index is 13.3. The van der Waals surface area contributed by atoms with Gasteiger partial charge in [0.15, 0.2) is 0 Å². The molecule has 1 aromatic heterocycles. The van der Waals surface area contributed by atoms with Gasteiger partial charge in [0.05, 0.1) is 18.2 Å². The number of pyridine rings is 1. The molecule has 1 saturated heterocycles. The van der Waals surface area contributed by atoms with Crippen molar-refractivity contribution in [2.45, 2.75) is 52.6 Å². The van der Waals surface area contributed by atoms with Crippen LogP contribution in [0.2, 0.25) is 0 Å². The van der Waals surface area contributed by atoms with Crippen molar-refractivity contribution in [3.63, 3.8) is 0 Å². The summed E-state index contributed by atoms with van der Waals surface area (Å²) in [7, 11) is 0. The first-order chi connectivity index (χ1) is 17.4. The van der Waals surface area contributed by atoms with Gasteiger partial charge in [-0.15, -0.1) is 0 Å². The molecule has 6 heteroatoms. The molecule has 36 heavy (non-hydrogen) atoms. The summed E-state index contributed by atoms with van der Waals surface area (Å²) < 4.78 is 5.84. The van der Waals surface area contributed by atoms with Gasteiger partial charge in [0.2, 0.25) is 0 Å². The lowest BCUT2D eigenvalue weighted by Crippen LogP contribution is -2.29. The Kier molecular flexibility index (Phi) is 7.84. The number of likely N-dealkylation sites (tertiary alicyclic amines) is 1. The summed E-state index contributed by atoms with van der Waals surface area (Å²) in [6.45, 7) is 6.91. The molecule has 0 saturated carbocycles. The summed E-state index contributed by atoms with van der Waals surface area (Å²) in [5.74, 6) is -0.776. The molecule has 0 bridgehead atoms. The third-order valence-corrected chi connectivity index (χ3v) is 6.52. The first-order valence-corrected chi connectivity index (χ1v) is 12.4. The second-order valence-electron chi connectivity index (χ2n) is 9.07. The van der Waals surface area contributed by atoms with Gasteiger partial charge in [-0.05, 0) is 66.3 Å². The zero-order valence-electron chi connectivity index (χ0n) is 21.0. The van der Waals surface area contributed by atoms with E-state index in [2.05, 4.69) is 18.8 Å². The van der Waals surface area contributed by atoms with Crippen LogP contribution in [0.5, 0.6) is 5.75 Å². The second kappa shape index (κ2) is 11.2. The molecule has 1 amide bonds. The quantitative estimate of drug-likeness (QED) is 0.181. The van der Waals surface area contributed by atoms with Crippen molar-refractivity contribution in [3.05, 3.63) is 100 Å².